The summed E-state index contributed by atoms with van der Waals surface area (Å²) in [6.45, 7) is 3.83. The van der Waals surface area contributed by atoms with E-state index in [9.17, 15) is 4.79 Å². The molecular formula is C24H30N4OS. The Labute approximate surface area is 183 Å². The average molecular weight is 423 g/mol. The van der Waals surface area contributed by atoms with Crippen molar-refractivity contribution in [3.05, 3.63) is 77.6 Å². The maximum absolute atomic E-state index is 12.6. The van der Waals surface area contributed by atoms with Gasteiger partial charge in [-0.2, -0.15) is 4.37 Å². The number of rotatable bonds is 12. The zero-order valence-corrected chi connectivity index (χ0v) is 18.4. The van der Waals surface area contributed by atoms with Crippen molar-refractivity contribution < 1.29 is 4.79 Å². The van der Waals surface area contributed by atoms with E-state index in [-0.39, 0.29) is 12.5 Å². The summed E-state index contributed by atoms with van der Waals surface area (Å²) in [7, 11) is 0. The number of aromatic nitrogens is 2. The van der Waals surface area contributed by atoms with E-state index >= 15 is 0 Å². The molecule has 3 rings (SSSR count). The summed E-state index contributed by atoms with van der Waals surface area (Å²) in [5.41, 5.74) is 2.33. The van der Waals surface area contributed by atoms with Gasteiger partial charge in [0, 0.05) is 31.0 Å². The van der Waals surface area contributed by atoms with Gasteiger partial charge in [-0.25, -0.2) is 4.98 Å². The SMILES string of the molecule is CCCCCCNC(=O)CN(Cc1ccccc1)c1nc(Cc2ccccc2)ns1. The number of nitrogens with zero attached hydrogens (tertiary/aromatic N) is 3. The zero-order valence-electron chi connectivity index (χ0n) is 17.6. The summed E-state index contributed by atoms with van der Waals surface area (Å²) in [6, 6.07) is 20.4. The van der Waals surface area contributed by atoms with E-state index in [2.05, 4.69) is 40.9 Å². The molecule has 0 spiro atoms. The molecule has 0 saturated heterocycles. The highest BCUT2D eigenvalue weighted by Crippen LogP contribution is 2.21. The summed E-state index contributed by atoms with van der Waals surface area (Å²) in [5.74, 6) is 0.821. The number of carbonyl (C=O) groups excluding carboxylic acids is 1. The molecule has 0 aliphatic heterocycles. The van der Waals surface area contributed by atoms with Crippen LogP contribution in [0, 0.1) is 0 Å². The van der Waals surface area contributed by atoms with E-state index in [0.717, 1.165) is 35.9 Å². The topological polar surface area (TPSA) is 58.1 Å². The van der Waals surface area contributed by atoms with Crippen molar-refractivity contribution in [2.75, 3.05) is 18.0 Å². The van der Waals surface area contributed by atoms with Crippen LogP contribution in [0.4, 0.5) is 5.13 Å². The van der Waals surface area contributed by atoms with Gasteiger partial charge in [-0.1, -0.05) is 86.8 Å². The number of nitrogens with one attached hydrogen (secondary N) is 1. The summed E-state index contributed by atoms with van der Waals surface area (Å²) < 4.78 is 4.53. The van der Waals surface area contributed by atoms with E-state index in [1.54, 1.807) is 0 Å². The molecule has 0 saturated carbocycles. The highest BCUT2D eigenvalue weighted by atomic mass is 32.1. The number of amides is 1. The third kappa shape index (κ3) is 7.26. The third-order valence-electron chi connectivity index (χ3n) is 4.84. The second-order valence-corrected chi connectivity index (χ2v) is 8.14. The Bertz CT molecular complexity index is 882. The van der Waals surface area contributed by atoms with Crippen LogP contribution >= 0.6 is 11.5 Å². The highest BCUT2D eigenvalue weighted by molar-refractivity contribution is 7.09. The minimum atomic E-state index is 0.0299. The lowest BCUT2D eigenvalue weighted by molar-refractivity contribution is -0.119. The van der Waals surface area contributed by atoms with E-state index < -0.39 is 0 Å². The van der Waals surface area contributed by atoms with Crippen LogP contribution < -0.4 is 10.2 Å². The fourth-order valence-corrected chi connectivity index (χ4v) is 3.91. The first-order valence-electron chi connectivity index (χ1n) is 10.7. The number of hydrogen-bond acceptors (Lipinski definition) is 5. The number of carbonyl (C=O) groups is 1. The van der Waals surface area contributed by atoms with Crippen molar-refractivity contribution in [3.63, 3.8) is 0 Å². The maximum atomic E-state index is 12.6. The lowest BCUT2D eigenvalue weighted by Gasteiger charge is -2.21. The van der Waals surface area contributed by atoms with Gasteiger partial charge in [-0.3, -0.25) is 4.79 Å². The molecule has 30 heavy (non-hydrogen) atoms. The molecule has 1 N–H and O–H groups in total. The van der Waals surface area contributed by atoms with Gasteiger partial charge < -0.3 is 10.2 Å². The van der Waals surface area contributed by atoms with Gasteiger partial charge in [-0.15, -0.1) is 0 Å². The van der Waals surface area contributed by atoms with Crippen molar-refractivity contribution in [3.8, 4) is 0 Å². The van der Waals surface area contributed by atoms with E-state index in [1.165, 1.54) is 29.9 Å². The third-order valence-corrected chi connectivity index (χ3v) is 5.65. The van der Waals surface area contributed by atoms with Crippen molar-refractivity contribution in [1.82, 2.24) is 14.7 Å². The molecule has 0 fully saturated rings. The molecule has 6 heteroatoms. The first kappa shape index (κ1) is 22.0. The Morgan fingerprint density at radius 2 is 1.67 bits per heavy atom. The van der Waals surface area contributed by atoms with Gasteiger partial charge >= 0.3 is 0 Å². The van der Waals surface area contributed by atoms with Crippen LogP contribution in [-0.4, -0.2) is 28.4 Å². The Morgan fingerprint density at radius 1 is 0.967 bits per heavy atom. The number of hydrogen-bond donors (Lipinski definition) is 1. The van der Waals surface area contributed by atoms with Crippen molar-refractivity contribution in [2.45, 2.75) is 45.6 Å². The number of anilines is 1. The molecule has 0 radical (unpaired) electrons. The molecule has 1 aromatic heterocycles. The lowest BCUT2D eigenvalue weighted by Crippen LogP contribution is -2.37. The second-order valence-electron chi connectivity index (χ2n) is 7.41. The van der Waals surface area contributed by atoms with Crippen LogP contribution in [0.1, 0.15) is 49.6 Å². The van der Waals surface area contributed by atoms with Gasteiger partial charge in [0.25, 0.3) is 0 Å². The molecular weight excluding hydrogens is 392 g/mol. The average Bonchev–Trinajstić information content (AvgIpc) is 3.23. The van der Waals surface area contributed by atoms with E-state index in [0.29, 0.717) is 13.0 Å². The standard InChI is InChI=1S/C24H30N4OS/c1-2-3-4-11-16-25-23(29)19-28(18-21-14-9-6-10-15-21)24-26-22(27-30-24)17-20-12-7-5-8-13-20/h5-10,12-15H,2-4,11,16-19H2,1H3,(H,25,29). The van der Waals surface area contributed by atoms with E-state index in [1.807, 2.05) is 41.3 Å². The predicted octanol–water partition coefficient (Wildman–Crippen LogP) is 4.83. The van der Waals surface area contributed by atoms with Crippen LogP contribution in [0.25, 0.3) is 0 Å². The summed E-state index contributed by atoms with van der Waals surface area (Å²) >= 11 is 1.36. The van der Waals surface area contributed by atoms with Gasteiger partial charge in [0.05, 0.1) is 6.54 Å². The highest BCUT2D eigenvalue weighted by Gasteiger charge is 2.17. The summed E-state index contributed by atoms with van der Waals surface area (Å²) in [5, 5.41) is 3.83. The monoisotopic (exact) mass is 422 g/mol. The number of benzene rings is 2. The molecule has 2 aromatic carbocycles. The number of unbranched alkanes of at least 4 members (excludes halogenated alkanes) is 3. The first-order chi connectivity index (χ1) is 14.7. The molecule has 3 aromatic rings. The summed E-state index contributed by atoms with van der Waals surface area (Å²) in [4.78, 5) is 19.3. The molecule has 0 aliphatic carbocycles. The van der Waals surface area contributed by atoms with Gasteiger partial charge in [0.15, 0.2) is 0 Å². The van der Waals surface area contributed by atoms with Crippen LogP contribution in [0.5, 0.6) is 0 Å². The van der Waals surface area contributed by atoms with Gasteiger partial charge in [0.2, 0.25) is 11.0 Å². The minimum absolute atomic E-state index is 0.0299. The fourth-order valence-electron chi connectivity index (χ4n) is 3.23. The van der Waals surface area contributed by atoms with Crippen molar-refractivity contribution in [1.29, 1.82) is 0 Å². The molecule has 0 unspecified atom stereocenters. The van der Waals surface area contributed by atoms with Crippen molar-refractivity contribution >= 4 is 22.6 Å². The first-order valence-corrected chi connectivity index (χ1v) is 11.4. The maximum Gasteiger partial charge on any atom is 0.239 e. The Balaban J connectivity index is 1.64. The largest absolute Gasteiger partial charge is 0.355 e. The smallest absolute Gasteiger partial charge is 0.239 e. The fraction of sp³-hybridized carbons (Fsp3) is 0.375. The molecule has 0 bridgehead atoms. The lowest BCUT2D eigenvalue weighted by atomic mass is 10.1. The van der Waals surface area contributed by atoms with Crippen LogP contribution in [-0.2, 0) is 17.8 Å². The molecule has 0 aliphatic rings. The van der Waals surface area contributed by atoms with Gasteiger partial charge in [-0.05, 0) is 17.5 Å². The van der Waals surface area contributed by atoms with Crippen LogP contribution in [0.3, 0.4) is 0 Å². The zero-order chi connectivity index (χ0) is 21.0. The van der Waals surface area contributed by atoms with E-state index in [4.69, 9.17) is 4.98 Å². The Kier molecular flexibility index (Phi) is 8.84. The molecule has 158 valence electrons. The summed E-state index contributed by atoms with van der Waals surface area (Å²) in [6.07, 6.45) is 5.29. The second kappa shape index (κ2) is 12.1. The quantitative estimate of drug-likeness (QED) is 0.425. The molecule has 1 heterocycles. The Hall–Kier alpha value is -2.73. The normalized spacial score (nSPS) is 10.7. The van der Waals surface area contributed by atoms with Crippen molar-refractivity contribution in [2.24, 2.45) is 0 Å². The molecule has 5 nitrogen and oxygen atoms in total. The molecule has 1 amide bonds. The van der Waals surface area contributed by atoms with Crippen LogP contribution in [0.15, 0.2) is 60.7 Å². The van der Waals surface area contributed by atoms with Crippen LogP contribution in [0.2, 0.25) is 0 Å². The molecule has 0 atom stereocenters. The Morgan fingerprint density at radius 3 is 2.37 bits per heavy atom. The minimum Gasteiger partial charge on any atom is -0.355 e. The predicted molar refractivity (Wildman–Crippen MR) is 124 cm³/mol. The van der Waals surface area contributed by atoms with Gasteiger partial charge in [0.1, 0.15) is 5.82 Å².